The first-order valence-electron chi connectivity index (χ1n) is 9.32. The number of thiocarbonyl (C=S) groups is 1. The quantitative estimate of drug-likeness (QED) is 0.619. The lowest BCUT2D eigenvalue weighted by atomic mass is 10.1. The highest BCUT2D eigenvalue weighted by Gasteiger charge is 2.23. The van der Waals surface area contributed by atoms with Gasteiger partial charge < -0.3 is 14.5 Å². The van der Waals surface area contributed by atoms with E-state index in [1.165, 1.54) is 23.5 Å². The third kappa shape index (κ3) is 3.91. The van der Waals surface area contributed by atoms with E-state index in [1.54, 1.807) is 0 Å². The summed E-state index contributed by atoms with van der Waals surface area (Å²) in [5.74, 6) is -0.265. The third-order valence-corrected chi connectivity index (χ3v) is 5.32. The summed E-state index contributed by atoms with van der Waals surface area (Å²) in [6, 6.07) is 9.86. The number of hydrogen-bond acceptors (Lipinski definition) is 5. The lowest BCUT2D eigenvalue weighted by molar-refractivity contribution is 0.300. The van der Waals surface area contributed by atoms with Gasteiger partial charge in [-0.3, -0.25) is 10.4 Å². The van der Waals surface area contributed by atoms with E-state index in [-0.39, 0.29) is 5.75 Å². The molecule has 1 aromatic heterocycles. The third-order valence-electron chi connectivity index (χ3n) is 4.97. The van der Waals surface area contributed by atoms with E-state index in [4.69, 9.17) is 17.0 Å². The van der Waals surface area contributed by atoms with Crippen LogP contribution in [-0.4, -0.2) is 53.5 Å². The van der Waals surface area contributed by atoms with Crippen molar-refractivity contribution in [2.45, 2.75) is 13.3 Å². The van der Waals surface area contributed by atoms with E-state index in [1.807, 2.05) is 0 Å². The predicted octanol–water partition coefficient (Wildman–Crippen LogP) is 2.71. The van der Waals surface area contributed by atoms with Crippen molar-refractivity contribution in [3.63, 3.8) is 0 Å². The number of aromatic nitrogens is 1. The fraction of sp³-hybridized carbons (Fsp3) is 0.350. The van der Waals surface area contributed by atoms with Crippen molar-refractivity contribution in [3.05, 3.63) is 53.6 Å². The van der Waals surface area contributed by atoms with Gasteiger partial charge in [0, 0.05) is 44.5 Å². The van der Waals surface area contributed by atoms with Crippen LogP contribution >= 0.6 is 12.2 Å². The smallest absolute Gasteiger partial charge is 0.189 e. The Morgan fingerprint density at radius 1 is 1.18 bits per heavy atom. The van der Waals surface area contributed by atoms with Crippen LogP contribution in [0.5, 0.6) is 5.75 Å². The summed E-state index contributed by atoms with van der Waals surface area (Å²) >= 11 is 5.50. The van der Waals surface area contributed by atoms with Crippen molar-refractivity contribution in [3.8, 4) is 5.75 Å². The molecule has 1 aromatic carbocycles. The molecular formula is C20H22FN5OS. The van der Waals surface area contributed by atoms with E-state index in [0.717, 1.165) is 26.2 Å². The second-order valence-electron chi connectivity index (χ2n) is 6.85. The van der Waals surface area contributed by atoms with Gasteiger partial charge in [0.25, 0.3) is 0 Å². The molecule has 0 spiro atoms. The number of pyridine rings is 1. The topological polar surface area (TPSA) is 53.0 Å². The molecule has 8 heteroatoms. The van der Waals surface area contributed by atoms with Crippen molar-refractivity contribution >= 4 is 28.7 Å². The highest BCUT2D eigenvalue weighted by molar-refractivity contribution is 7.80. The second kappa shape index (κ2) is 8.10. The van der Waals surface area contributed by atoms with Gasteiger partial charge in [0.1, 0.15) is 5.69 Å². The summed E-state index contributed by atoms with van der Waals surface area (Å²) in [6.07, 6.45) is 1.97. The van der Waals surface area contributed by atoms with Crippen molar-refractivity contribution in [1.82, 2.24) is 15.3 Å². The van der Waals surface area contributed by atoms with Gasteiger partial charge in [-0.2, -0.15) is 5.10 Å². The lowest BCUT2D eigenvalue weighted by Gasteiger charge is -2.37. The van der Waals surface area contributed by atoms with Crippen LogP contribution in [0.4, 0.5) is 10.1 Å². The maximum Gasteiger partial charge on any atom is 0.189 e. The first kappa shape index (κ1) is 18.6. The Labute approximate surface area is 169 Å². The molecule has 0 amide bonds. The fourth-order valence-corrected chi connectivity index (χ4v) is 3.58. The van der Waals surface area contributed by atoms with Crippen molar-refractivity contribution < 1.29 is 9.13 Å². The number of halogens is 1. The van der Waals surface area contributed by atoms with Crippen LogP contribution in [0.25, 0.3) is 0 Å². The normalized spacial score (nSPS) is 17.9. The monoisotopic (exact) mass is 399 g/mol. The van der Waals surface area contributed by atoms with Crippen LogP contribution < -0.4 is 15.1 Å². The van der Waals surface area contributed by atoms with E-state index in [0.29, 0.717) is 29.5 Å². The minimum absolute atomic E-state index is 0.159. The summed E-state index contributed by atoms with van der Waals surface area (Å²) in [7, 11) is 0. The zero-order chi connectivity index (χ0) is 19.5. The first-order valence-corrected chi connectivity index (χ1v) is 9.73. The van der Waals surface area contributed by atoms with Crippen molar-refractivity contribution in [1.29, 1.82) is 0 Å². The number of nitrogens with one attached hydrogen (secondary N) is 1. The summed E-state index contributed by atoms with van der Waals surface area (Å²) in [5, 5.41) is 4.96. The zero-order valence-electron chi connectivity index (χ0n) is 15.7. The van der Waals surface area contributed by atoms with Gasteiger partial charge in [0.2, 0.25) is 0 Å². The molecule has 2 aliphatic rings. The number of fused-ring (bicyclic) bond motifs is 1. The first-order chi connectivity index (χ1) is 13.6. The number of anilines is 1. The largest absolute Gasteiger partial charge is 0.488 e. The number of benzene rings is 1. The van der Waals surface area contributed by atoms with Crippen LogP contribution in [0, 0.1) is 12.7 Å². The average Bonchev–Trinajstić information content (AvgIpc) is 2.73. The molecule has 2 aliphatic heterocycles. The SMILES string of the molecule is Cc1ccc(N2CCN(C(=S)N/N=C3/CCOc4c(F)ccnc43)CC2)cc1. The zero-order valence-corrected chi connectivity index (χ0v) is 16.5. The predicted molar refractivity (Wildman–Crippen MR) is 112 cm³/mol. The molecule has 0 unspecified atom stereocenters. The van der Waals surface area contributed by atoms with Crippen LogP contribution in [0.3, 0.4) is 0 Å². The molecule has 0 atom stereocenters. The number of hydrogen-bond donors (Lipinski definition) is 1. The summed E-state index contributed by atoms with van der Waals surface area (Å²) in [6.45, 7) is 5.89. The maximum atomic E-state index is 13.9. The van der Waals surface area contributed by atoms with Gasteiger partial charge in [0.05, 0.1) is 12.3 Å². The van der Waals surface area contributed by atoms with Gasteiger partial charge in [0.15, 0.2) is 16.7 Å². The van der Waals surface area contributed by atoms with Crippen LogP contribution in [0.15, 0.2) is 41.6 Å². The Hall–Kier alpha value is -2.74. The molecule has 2 aromatic rings. The van der Waals surface area contributed by atoms with E-state index in [9.17, 15) is 4.39 Å². The van der Waals surface area contributed by atoms with Gasteiger partial charge in [-0.05, 0) is 37.3 Å². The highest BCUT2D eigenvalue weighted by atomic mass is 32.1. The van der Waals surface area contributed by atoms with Gasteiger partial charge >= 0.3 is 0 Å². The molecule has 0 bridgehead atoms. The Morgan fingerprint density at radius 3 is 2.68 bits per heavy atom. The molecule has 1 fully saturated rings. The Kier molecular flexibility index (Phi) is 5.38. The van der Waals surface area contributed by atoms with Gasteiger partial charge in [-0.1, -0.05) is 17.7 Å². The van der Waals surface area contributed by atoms with E-state index >= 15 is 0 Å². The molecular weight excluding hydrogens is 377 g/mol. The Balaban J connectivity index is 1.36. The van der Waals surface area contributed by atoms with Crippen molar-refractivity contribution in [2.75, 3.05) is 37.7 Å². The molecule has 146 valence electrons. The van der Waals surface area contributed by atoms with Crippen LogP contribution in [-0.2, 0) is 0 Å². The van der Waals surface area contributed by atoms with Crippen molar-refractivity contribution in [2.24, 2.45) is 5.10 Å². The maximum absolute atomic E-state index is 13.9. The number of nitrogens with zero attached hydrogens (tertiary/aromatic N) is 4. The minimum atomic E-state index is -0.424. The minimum Gasteiger partial charge on any atom is -0.488 e. The number of ether oxygens (including phenoxy) is 1. The molecule has 1 N–H and O–H groups in total. The molecule has 3 heterocycles. The van der Waals surface area contributed by atoms with Crippen LogP contribution in [0.2, 0.25) is 0 Å². The molecule has 4 rings (SSSR count). The van der Waals surface area contributed by atoms with Gasteiger partial charge in [-0.15, -0.1) is 0 Å². The van der Waals surface area contributed by atoms with E-state index < -0.39 is 5.82 Å². The summed E-state index contributed by atoms with van der Waals surface area (Å²) < 4.78 is 19.2. The second-order valence-corrected chi connectivity index (χ2v) is 7.24. The molecule has 0 radical (unpaired) electrons. The average molecular weight is 399 g/mol. The summed E-state index contributed by atoms with van der Waals surface area (Å²) in [4.78, 5) is 8.66. The molecule has 1 saturated heterocycles. The Bertz CT molecular complexity index is 894. The number of aryl methyl sites for hydroxylation is 1. The number of piperazine rings is 1. The van der Waals surface area contributed by atoms with E-state index in [2.05, 4.69) is 56.5 Å². The Morgan fingerprint density at radius 2 is 1.93 bits per heavy atom. The molecule has 0 saturated carbocycles. The molecule has 28 heavy (non-hydrogen) atoms. The number of hydrazone groups is 1. The lowest BCUT2D eigenvalue weighted by Crippen LogP contribution is -2.51. The van der Waals surface area contributed by atoms with Crippen LogP contribution in [0.1, 0.15) is 17.7 Å². The fourth-order valence-electron chi connectivity index (χ4n) is 3.35. The number of rotatable bonds is 2. The summed E-state index contributed by atoms with van der Waals surface area (Å²) in [5.41, 5.74) is 6.54. The highest BCUT2D eigenvalue weighted by Crippen LogP contribution is 2.26. The molecule has 0 aliphatic carbocycles. The standard InChI is InChI=1S/C20H22FN5OS/c1-14-2-4-15(5-3-14)25-9-11-26(12-10-25)20(28)24-23-17-7-13-27-19-16(21)6-8-22-18(17)19/h2-6,8H,7,9-13H2,1H3,(H,24,28)/b23-17-. The molecule has 6 nitrogen and oxygen atoms in total. The van der Waals surface area contributed by atoms with Gasteiger partial charge in [-0.25, -0.2) is 4.39 Å².